The van der Waals surface area contributed by atoms with Gasteiger partial charge in [0.25, 0.3) is 5.89 Å². The second-order valence-corrected chi connectivity index (χ2v) is 4.26. The van der Waals surface area contributed by atoms with Gasteiger partial charge in [0.15, 0.2) is 17.5 Å². The molecule has 4 nitrogen and oxygen atoms in total. The fourth-order valence-corrected chi connectivity index (χ4v) is 1.83. The highest BCUT2D eigenvalue weighted by atomic mass is 19.2. The van der Waals surface area contributed by atoms with Crippen LogP contribution in [0.4, 0.5) is 18.9 Å². The van der Waals surface area contributed by atoms with E-state index in [9.17, 15) is 13.2 Å². The Balaban J connectivity index is 2.05. The number of nitrogens with zero attached hydrogens (tertiary/aromatic N) is 2. The quantitative estimate of drug-likeness (QED) is 0.580. The summed E-state index contributed by atoms with van der Waals surface area (Å²) in [4.78, 5) is 4.01. The second-order valence-electron chi connectivity index (χ2n) is 4.26. The Bertz CT molecular complexity index is 794. The van der Waals surface area contributed by atoms with E-state index < -0.39 is 17.5 Å². The number of rotatable bonds is 2. The number of hydrogen-bond acceptors (Lipinski definition) is 4. The average molecular weight is 291 g/mol. The first-order chi connectivity index (χ1) is 10.1. The van der Waals surface area contributed by atoms with Crippen LogP contribution in [0.5, 0.6) is 0 Å². The van der Waals surface area contributed by atoms with Gasteiger partial charge < -0.3 is 10.3 Å². The van der Waals surface area contributed by atoms with Crippen LogP contribution in [0.1, 0.15) is 0 Å². The van der Waals surface area contributed by atoms with E-state index in [-0.39, 0.29) is 17.3 Å². The molecule has 21 heavy (non-hydrogen) atoms. The van der Waals surface area contributed by atoms with Gasteiger partial charge in [-0.05, 0) is 24.3 Å². The molecule has 0 spiro atoms. The molecule has 0 fully saturated rings. The summed E-state index contributed by atoms with van der Waals surface area (Å²) in [6.07, 6.45) is 0. The molecule has 1 aromatic heterocycles. The molecule has 2 N–H and O–H groups in total. The Labute approximate surface area is 117 Å². The maximum absolute atomic E-state index is 13.2. The fourth-order valence-electron chi connectivity index (χ4n) is 1.83. The van der Waals surface area contributed by atoms with Crippen molar-refractivity contribution in [3.8, 4) is 22.8 Å². The molecule has 0 aliphatic carbocycles. The van der Waals surface area contributed by atoms with Crippen LogP contribution in [0.3, 0.4) is 0 Å². The van der Waals surface area contributed by atoms with Crippen molar-refractivity contribution in [1.29, 1.82) is 0 Å². The Hall–Kier alpha value is -2.83. The van der Waals surface area contributed by atoms with E-state index in [1.54, 1.807) is 24.3 Å². The van der Waals surface area contributed by atoms with E-state index in [2.05, 4.69) is 10.1 Å². The number of benzene rings is 2. The van der Waals surface area contributed by atoms with Crippen LogP contribution in [-0.2, 0) is 0 Å². The summed E-state index contributed by atoms with van der Waals surface area (Å²) in [5.74, 6) is -4.17. The number of nitrogens with two attached hydrogens (primary N) is 1. The normalized spacial score (nSPS) is 10.8. The Morgan fingerprint density at radius 2 is 1.67 bits per heavy atom. The molecule has 0 amide bonds. The molecular weight excluding hydrogens is 283 g/mol. The topological polar surface area (TPSA) is 64.9 Å². The first-order valence-electron chi connectivity index (χ1n) is 5.90. The van der Waals surface area contributed by atoms with Crippen LogP contribution in [0, 0.1) is 17.5 Å². The van der Waals surface area contributed by atoms with Crippen molar-refractivity contribution in [2.45, 2.75) is 0 Å². The number of para-hydroxylation sites is 1. The van der Waals surface area contributed by atoms with Gasteiger partial charge in [-0.1, -0.05) is 17.3 Å². The summed E-state index contributed by atoms with van der Waals surface area (Å²) in [5.41, 5.74) is 6.68. The Morgan fingerprint density at radius 1 is 1.00 bits per heavy atom. The molecule has 3 rings (SSSR count). The third-order valence-corrected chi connectivity index (χ3v) is 2.86. The molecule has 3 aromatic rings. The largest absolute Gasteiger partial charge is 0.398 e. The van der Waals surface area contributed by atoms with Crippen LogP contribution in [0.25, 0.3) is 22.8 Å². The van der Waals surface area contributed by atoms with Gasteiger partial charge >= 0.3 is 0 Å². The molecule has 2 aromatic carbocycles. The van der Waals surface area contributed by atoms with Gasteiger partial charge in [0.05, 0.1) is 0 Å². The molecule has 106 valence electrons. The zero-order valence-electron chi connectivity index (χ0n) is 10.5. The third kappa shape index (κ3) is 2.33. The second kappa shape index (κ2) is 4.93. The summed E-state index contributed by atoms with van der Waals surface area (Å²) in [7, 11) is 0. The number of hydrogen-bond donors (Lipinski definition) is 1. The molecule has 0 bridgehead atoms. The number of nitrogen functional groups attached to an aromatic ring is 1. The smallest absolute Gasteiger partial charge is 0.258 e. The van der Waals surface area contributed by atoms with Gasteiger partial charge in [-0.25, -0.2) is 13.2 Å². The van der Waals surface area contributed by atoms with E-state index in [0.29, 0.717) is 11.3 Å². The summed E-state index contributed by atoms with van der Waals surface area (Å²) in [6.45, 7) is 0. The molecule has 0 radical (unpaired) electrons. The maximum Gasteiger partial charge on any atom is 0.258 e. The lowest BCUT2D eigenvalue weighted by molar-refractivity contribution is 0.427. The zero-order chi connectivity index (χ0) is 15.0. The lowest BCUT2D eigenvalue weighted by Gasteiger charge is -1.99. The lowest BCUT2D eigenvalue weighted by atomic mass is 10.1. The highest BCUT2D eigenvalue weighted by Gasteiger charge is 2.17. The van der Waals surface area contributed by atoms with Gasteiger partial charge in [-0.15, -0.1) is 0 Å². The highest BCUT2D eigenvalue weighted by molar-refractivity contribution is 5.71. The standard InChI is InChI=1S/C14H8F3N3O/c15-9-5-7(6-10(16)12(9)17)14-19-13(20-21-14)8-3-1-2-4-11(8)18/h1-6H,18H2. The SMILES string of the molecule is Nc1ccccc1-c1noc(-c2cc(F)c(F)c(F)c2)n1. The zero-order valence-corrected chi connectivity index (χ0v) is 10.5. The minimum absolute atomic E-state index is 0.0559. The fraction of sp³-hybridized carbons (Fsp3) is 0. The van der Waals surface area contributed by atoms with Gasteiger partial charge in [-0.3, -0.25) is 0 Å². The predicted molar refractivity (Wildman–Crippen MR) is 69.5 cm³/mol. The molecule has 0 aliphatic rings. The van der Waals surface area contributed by atoms with E-state index >= 15 is 0 Å². The molecule has 1 heterocycles. The Morgan fingerprint density at radius 3 is 2.33 bits per heavy atom. The molecule has 0 saturated carbocycles. The molecule has 0 atom stereocenters. The summed E-state index contributed by atoms with van der Waals surface area (Å²) >= 11 is 0. The van der Waals surface area contributed by atoms with E-state index in [4.69, 9.17) is 10.3 Å². The van der Waals surface area contributed by atoms with Gasteiger partial charge in [-0.2, -0.15) is 4.98 Å². The summed E-state index contributed by atoms with van der Waals surface area (Å²) in [5, 5.41) is 3.70. The van der Waals surface area contributed by atoms with Crippen LogP contribution >= 0.6 is 0 Å². The molecule has 7 heteroatoms. The van der Waals surface area contributed by atoms with Crippen molar-refractivity contribution in [1.82, 2.24) is 10.1 Å². The number of anilines is 1. The van der Waals surface area contributed by atoms with Crippen molar-refractivity contribution in [3.63, 3.8) is 0 Å². The number of aromatic nitrogens is 2. The molecular formula is C14H8F3N3O. The van der Waals surface area contributed by atoms with E-state index in [0.717, 1.165) is 12.1 Å². The van der Waals surface area contributed by atoms with Crippen LogP contribution in [0.15, 0.2) is 40.9 Å². The van der Waals surface area contributed by atoms with Crippen molar-refractivity contribution < 1.29 is 17.7 Å². The van der Waals surface area contributed by atoms with Gasteiger partial charge in [0.1, 0.15) is 0 Å². The lowest BCUT2D eigenvalue weighted by Crippen LogP contribution is -1.92. The summed E-state index contributed by atoms with van der Waals surface area (Å²) in [6, 6.07) is 8.37. The third-order valence-electron chi connectivity index (χ3n) is 2.86. The predicted octanol–water partition coefficient (Wildman–Crippen LogP) is 3.40. The first-order valence-corrected chi connectivity index (χ1v) is 5.90. The minimum Gasteiger partial charge on any atom is -0.398 e. The first kappa shape index (κ1) is 13.2. The van der Waals surface area contributed by atoms with E-state index in [1.807, 2.05) is 0 Å². The molecule has 0 aliphatic heterocycles. The van der Waals surface area contributed by atoms with Crippen LogP contribution in [-0.4, -0.2) is 10.1 Å². The highest BCUT2D eigenvalue weighted by Crippen LogP contribution is 2.27. The molecule has 0 unspecified atom stereocenters. The van der Waals surface area contributed by atoms with Gasteiger partial charge in [0, 0.05) is 16.8 Å². The Kier molecular flexibility index (Phi) is 3.09. The monoisotopic (exact) mass is 291 g/mol. The van der Waals surface area contributed by atoms with Crippen molar-refractivity contribution in [2.24, 2.45) is 0 Å². The molecule has 0 saturated heterocycles. The van der Waals surface area contributed by atoms with Gasteiger partial charge in [0.2, 0.25) is 5.82 Å². The minimum atomic E-state index is -1.55. The van der Waals surface area contributed by atoms with Crippen molar-refractivity contribution in [2.75, 3.05) is 5.73 Å². The van der Waals surface area contributed by atoms with Crippen molar-refractivity contribution >= 4 is 5.69 Å². The maximum atomic E-state index is 13.2. The van der Waals surface area contributed by atoms with Crippen LogP contribution < -0.4 is 5.73 Å². The number of halogens is 3. The van der Waals surface area contributed by atoms with Crippen molar-refractivity contribution in [3.05, 3.63) is 53.8 Å². The summed E-state index contributed by atoms with van der Waals surface area (Å²) < 4.78 is 44.2. The average Bonchev–Trinajstić information content (AvgIpc) is 2.94. The van der Waals surface area contributed by atoms with Crippen LogP contribution in [0.2, 0.25) is 0 Å². The van der Waals surface area contributed by atoms with E-state index in [1.165, 1.54) is 0 Å².